The second kappa shape index (κ2) is 9.52. The molecule has 4 aromatic rings. The number of piperazine rings is 1. The second-order valence-electron chi connectivity index (χ2n) is 8.24. The van der Waals surface area contributed by atoms with Crippen molar-refractivity contribution in [2.45, 2.75) is 0 Å². The van der Waals surface area contributed by atoms with E-state index in [1.54, 1.807) is 35.4 Å². The van der Waals surface area contributed by atoms with Crippen LogP contribution < -0.4 is 10.2 Å². The van der Waals surface area contributed by atoms with Crippen LogP contribution in [0.4, 0.5) is 16.2 Å². The van der Waals surface area contributed by atoms with E-state index in [9.17, 15) is 9.18 Å². The molecule has 1 aliphatic heterocycles. The number of pyridine rings is 1. The van der Waals surface area contributed by atoms with E-state index in [1.165, 1.54) is 0 Å². The Morgan fingerprint density at radius 2 is 1.91 bits per heavy atom. The number of aryl methyl sites for hydroxylation is 1. The molecule has 174 valence electrons. The van der Waals surface area contributed by atoms with E-state index in [1.807, 2.05) is 31.4 Å². The first-order valence-electron chi connectivity index (χ1n) is 11.2. The van der Waals surface area contributed by atoms with E-state index in [2.05, 4.69) is 35.2 Å². The zero-order valence-corrected chi connectivity index (χ0v) is 18.9. The predicted molar refractivity (Wildman–Crippen MR) is 129 cm³/mol. The number of benzene rings is 1. The number of nitrogens with one attached hydrogen (secondary N) is 1. The fraction of sp³-hybridized carbons (Fsp3) is 0.292. The lowest BCUT2D eigenvalue weighted by Crippen LogP contribution is -2.47. The van der Waals surface area contributed by atoms with Crippen molar-refractivity contribution in [3.63, 3.8) is 0 Å². The molecule has 0 unspecified atom stereocenters. The second-order valence-corrected chi connectivity index (χ2v) is 8.24. The van der Waals surface area contributed by atoms with E-state index in [0.717, 1.165) is 54.0 Å². The van der Waals surface area contributed by atoms with Gasteiger partial charge >= 0.3 is 0 Å². The number of amides is 1. The maximum Gasteiger partial charge on any atom is 0.258 e. The van der Waals surface area contributed by atoms with Gasteiger partial charge in [0, 0.05) is 74.9 Å². The molecule has 0 saturated carbocycles. The van der Waals surface area contributed by atoms with Crippen molar-refractivity contribution in [2.24, 2.45) is 7.05 Å². The van der Waals surface area contributed by atoms with Gasteiger partial charge in [0.05, 0.1) is 11.7 Å². The van der Waals surface area contributed by atoms with Gasteiger partial charge in [-0.25, -0.2) is 19.3 Å². The van der Waals surface area contributed by atoms with Gasteiger partial charge in [-0.15, -0.1) is 0 Å². The molecule has 4 heterocycles. The van der Waals surface area contributed by atoms with Crippen molar-refractivity contribution in [2.75, 3.05) is 49.6 Å². The first-order valence-corrected chi connectivity index (χ1v) is 11.2. The first-order chi connectivity index (χ1) is 16.6. The number of halogens is 1. The summed E-state index contributed by atoms with van der Waals surface area (Å²) < 4.78 is 14.3. The summed E-state index contributed by atoms with van der Waals surface area (Å²) in [7, 11) is 1.87. The molecule has 1 aromatic carbocycles. The van der Waals surface area contributed by atoms with E-state index in [-0.39, 0.29) is 18.5 Å². The number of anilines is 2. The molecule has 10 heteroatoms. The summed E-state index contributed by atoms with van der Waals surface area (Å²) in [5, 5.41) is 7.89. The molecule has 0 atom stereocenters. The summed E-state index contributed by atoms with van der Waals surface area (Å²) in [6.45, 7) is 3.15. The van der Waals surface area contributed by atoms with Crippen LogP contribution in [0, 0.1) is 0 Å². The largest absolute Gasteiger partial charge is 0.354 e. The van der Waals surface area contributed by atoms with E-state index in [0.29, 0.717) is 12.1 Å². The van der Waals surface area contributed by atoms with E-state index < -0.39 is 0 Å². The quantitative estimate of drug-likeness (QED) is 0.473. The van der Waals surface area contributed by atoms with Crippen molar-refractivity contribution >= 4 is 28.6 Å². The number of fused-ring (bicyclic) bond motifs is 1. The van der Waals surface area contributed by atoms with Gasteiger partial charge in [0.2, 0.25) is 5.95 Å². The molecule has 1 fully saturated rings. The SMILES string of the molecule is Cn1cc(-c2ccc3cnc(NC(=O)c4ccnc(N5CCN(CCF)CC5)c4)nc3c2)cn1. The Balaban J connectivity index is 1.31. The fourth-order valence-electron chi connectivity index (χ4n) is 4.06. The van der Waals surface area contributed by atoms with Crippen LogP contribution in [0.3, 0.4) is 0 Å². The number of carbonyl (C=O) groups is 1. The van der Waals surface area contributed by atoms with E-state index >= 15 is 0 Å². The van der Waals surface area contributed by atoms with Gasteiger partial charge < -0.3 is 4.90 Å². The van der Waals surface area contributed by atoms with Crippen molar-refractivity contribution < 1.29 is 9.18 Å². The van der Waals surface area contributed by atoms with Gasteiger partial charge in [0.25, 0.3) is 5.91 Å². The zero-order valence-electron chi connectivity index (χ0n) is 18.9. The standard InChI is InChI=1S/C24H25FN8O/c1-31-16-20(15-28-31)17-2-3-19-14-27-24(29-21(19)12-17)30-23(34)18-4-6-26-22(13-18)33-10-8-32(7-5-25)9-11-33/h2-4,6,12-16H,5,7-11H2,1H3,(H,27,29,30,34). The van der Waals surface area contributed by atoms with Crippen LogP contribution in [0.25, 0.3) is 22.0 Å². The lowest BCUT2D eigenvalue weighted by molar-refractivity contribution is 0.102. The Hall–Kier alpha value is -3.92. The van der Waals surface area contributed by atoms with E-state index in [4.69, 9.17) is 0 Å². The monoisotopic (exact) mass is 460 g/mol. The van der Waals surface area contributed by atoms with Crippen LogP contribution in [0.1, 0.15) is 10.4 Å². The Bertz CT molecular complexity index is 1320. The highest BCUT2D eigenvalue weighted by molar-refractivity contribution is 6.04. The number of alkyl halides is 1. The summed E-state index contributed by atoms with van der Waals surface area (Å²) in [5.74, 6) is 0.662. The third-order valence-corrected chi connectivity index (χ3v) is 5.95. The van der Waals surface area contributed by atoms with Gasteiger partial charge in [-0.1, -0.05) is 12.1 Å². The Morgan fingerprint density at radius 3 is 2.68 bits per heavy atom. The third kappa shape index (κ3) is 4.72. The topological polar surface area (TPSA) is 92.1 Å². The molecule has 5 rings (SSSR count). The van der Waals surface area contributed by atoms with Crippen LogP contribution in [0.5, 0.6) is 0 Å². The lowest BCUT2D eigenvalue weighted by atomic mass is 10.1. The number of carbonyl (C=O) groups excluding carboxylic acids is 1. The van der Waals surface area contributed by atoms with Crippen molar-refractivity contribution in [1.82, 2.24) is 29.6 Å². The molecule has 0 radical (unpaired) electrons. The summed E-state index contributed by atoms with van der Waals surface area (Å²) in [4.78, 5) is 30.4. The Labute approximate surface area is 196 Å². The highest BCUT2D eigenvalue weighted by atomic mass is 19.1. The molecule has 0 spiro atoms. The fourth-order valence-corrected chi connectivity index (χ4v) is 4.06. The molecule has 9 nitrogen and oxygen atoms in total. The van der Waals surface area contributed by atoms with Gasteiger partial charge in [-0.05, 0) is 23.8 Å². The molecule has 1 amide bonds. The van der Waals surface area contributed by atoms with Gasteiger partial charge in [0.1, 0.15) is 12.5 Å². The normalized spacial score (nSPS) is 14.5. The average Bonchev–Trinajstić information content (AvgIpc) is 3.30. The number of aromatic nitrogens is 5. The molecular formula is C24H25FN8O. The summed E-state index contributed by atoms with van der Waals surface area (Å²) >= 11 is 0. The van der Waals surface area contributed by atoms with Crippen LogP contribution >= 0.6 is 0 Å². The van der Waals surface area contributed by atoms with Crippen LogP contribution in [0.15, 0.2) is 55.1 Å². The zero-order chi connectivity index (χ0) is 23.5. The Morgan fingerprint density at radius 1 is 1.06 bits per heavy atom. The molecule has 34 heavy (non-hydrogen) atoms. The average molecular weight is 461 g/mol. The minimum atomic E-state index is -0.338. The first kappa shape index (κ1) is 21.9. The number of rotatable bonds is 6. The Kier molecular flexibility index (Phi) is 6.13. The van der Waals surface area contributed by atoms with Crippen LogP contribution in [0.2, 0.25) is 0 Å². The van der Waals surface area contributed by atoms with Gasteiger partial charge in [0.15, 0.2) is 0 Å². The van der Waals surface area contributed by atoms with Gasteiger partial charge in [-0.2, -0.15) is 5.10 Å². The van der Waals surface area contributed by atoms with Gasteiger partial charge in [-0.3, -0.25) is 19.7 Å². The molecule has 3 aromatic heterocycles. The van der Waals surface area contributed by atoms with Crippen molar-refractivity contribution in [1.29, 1.82) is 0 Å². The predicted octanol–water partition coefficient (Wildman–Crippen LogP) is 2.77. The molecule has 1 aliphatic rings. The molecular weight excluding hydrogens is 435 g/mol. The number of hydrogen-bond donors (Lipinski definition) is 1. The van der Waals surface area contributed by atoms with Crippen molar-refractivity contribution in [3.05, 3.63) is 60.7 Å². The maximum atomic E-state index is 12.9. The highest BCUT2D eigenvalue weighted by Crippen LogP contribution is 2.23. The minimum absolute atomic E-state index is 0.235. The molecule has 0 bridgehead atoms. The molecule has 1 N–H and O–H groups in total. The molecule has 0 aliphatic carbocycles. The summed E-state index contributed by atoms with van der Waals surface area (Å²) in [6.07, 6.45) is 7.05. The minimum Gasteiger partial charge on any atom is -0.354 e. The van der Waals surface area contributed by atoms with Crippen LogP contribution in [-0.4, -0.2) is 74.9 Å². The lowest BCUT2D eigenvalue weighted by Gasteiger charge is -2.34. The summed E-state index contributed by atoms with van der Waals surface area (Å²) in [6, 6.07) is 9.33. The molecule has 1 saturated heterocycles. The number of hydrogen-bond acceptors (Lipinski definition) is 7. The summed E-state index contributed by atoms with van der Waals surface area (Å²) in [5.41, 5.74) is 3.18. The number of nitrogens with zero attached hydrogens (tertiary/aromatic N) is 7. The third-order valence-electron chi connectivity index (χ3n) is 5.95. The van der Waals surface area contributed by atoms with Crippen LogP contribution in [-0.2, 0) is 7.05 Å². The smallest absolute Gasteiger partial charge is 0.258 e. The maximum absolute atomic E-state index is 12.9. The highest BCUT2D eigenvalue weighted by Gasteiger charge is 2.19. The van der Waals surface area contributed by atoms with Crippen molar-refractivity contribution in [3.8, 4) is 11.1 Å².